The van der Waals surface area contributed by atoms with Crippen LogP contribution in [0.25, 0.3) is 4.48 Å². The summed E-state index contributed by atoms with van der Waals surface area (Å²) in [5.74, 6) is -0.189. The van der Waals surface area contributed by atoms with Crippen molar-refractivity contribution in [3.8, 4) is 0 Å². The van der Waals surface area contributed by atoms with Crippen LogP contribution in [0.15, 0.2) is 29.3 Å². The van der Waals surface area contributed by atoms with Crippen LogP contribution in [0, 0.1) is 0 Å². The van der Waals surface area contributed by atoms with E-state index in [1.165, 1.54) is 0 Å². The summed E-state index contributed by atoms with van der Waals surface area (Å²) in [6.07, 6.45) is 0. The van der Waals surface area contributed by atoms with Gasteiger partial charge in [0.2, 0.25) is 0 Å². The Kier molecular flexibility index (Phi) is 1.39. The highest BCUT2D eigenvalue weighted by Gasteiger charge is 2.11. The van der Waals surface area contributed by atoms with Crippen LogP contribution < -0.4 is 10.6 Å². The van der Waals surface area contributed by atoms with Gasteiger partial charge in [-0.1, -0.05) is 18.2 Å². The summed E-state index contributed by atoms with van der Waals surface area (Å²) in [6, 6.07) is 7.44. The lowest BCUT2D eigenvalue weighted by molar-refractivity contribution is -0.112. The molecule has 0 saturated heterocycles. The molecule has 54 valence electrons. The largest absolute Gasteiger partial charge is 0.285 e. The van der Waals surface area contributed by atoms with Crippen molar-refractivity contribution in [1.29, 1.82) is 0 Å². The Morgan fingerprint density at radius 1 is 1.27 bits per heavy atom. The second kappa shape index (κ2) is 2.27. The van der Waals surface area contributed by atoms with Crippen LogP contribution >= 0.6 is 15.9 Å². The SMILES string of the molecule is O=C1N=c2ccccc2=C1Br. The number of halogens is 1. The Hall–Kier alpha value is -0.960. The van der Waals surface area contributed by atoms with Gasteiger partial charge in [0.15, 0.2) is 0 Å². The summed E-state index contributed by atoms with van der Waals surface area (Å²) in [7, 11) is 0. The molecular formula is C8H4BrNO. The Labute approximate surface area is 71.4 Å². The standard InChI is InChI=1S/C8H4BrNO/c9-7-5-3-1-2-4-6(5)10-8(7)11/h1-4H. The molecule has 1 aromatic carbocycles. The molecule has 1 aliphatic heterocycles. The average Bonchev–Trinajstić information content (AvgIpc) is 2.30. The van der Waals surface area contributed by atoms with Gasteiger partial charge in [-0.05, 0) is 22.0 Å². The Morgan fingerprint density at radius 2 is 2.00 bits per heavy atom. The van der Waals surface area contributed by atoms with Crippen molar-refractivity contribution in [2.24, 2.45) is 4.99 Å². The molecule has 2 rings (SSSR count). The van der Waals surface area contributed by atoms with Crippen LogP contribution in [-0.4, -0.2) is 5.91 Å². The average molecular weight is 210 g/mol. The highest BCUT2D eigenvalue weighted by atomic mass is 79.9. The van der Waals surface area contributed by atoms with Crippen molar-refractivity contribution < 1.29 is 4.79 Å². The fourth-order valence-corrected chi connectivity index (χ4v) is 1.45. The maximum Gasteiger partial charge on any atom is 0.285 e. The third-order valence-electron chi connectivity index (χ3n) is 1.55. The van der Waals surface area contributed by atoms with Crippen molar-refractivity contribution in [3.05, 3.63) is 34.8 Å². The molecule has 1 amide bonds. The van der Waals surface area contributed by atoms with Crippen LogP contribution in [0.1, 0.15) is 0 Å². The number of benzene rings is 1. The molecule has 0 aromatic heterocycles. The molecule has 3 heteroatoms. The Balaban J connectivity index is 3.00. The number of nitrogens with zero attached hydrogens (tertiary/aromatic N) is 1. The number of amides is 1. The molecule has 0 atom stereocenters. The van der Waals surface area contributed by atoms with E-state index < -0.39 is 0 Å². The van der Waals surface area contributed by atoms with E-state index in [-0.39, 0.29) is 5.91 Å². The van der Waals surface area contributed by atoms with Gasteiger partial charge < -0.3 is 0 Å². The highest BCUT2D eigenvalue weighted by molar-refractivity contribution is 9.15. The summed E-state index contributed by atoms with van der Waals surface area (Å²) in [6.45, 7) is 0. The van der Waals surface area contributed by atoms with Gasteiger partial charge in [0.05, 0.1) is 9.84 Å². The van der Waals surface area contributed by atoms with Gasteiger partial charge in [0.1, 0.15) is 0 Å². The molecule has 1 aliphatic rings. The van der Waals surface area contributed by atoms with Gasteiger partial charge in [0, 0.05) is 5.22 Å². The number of hydrogen-bond acceptors (Lipinski definition) is 1. The molecule has 0 unspecified atom stereocenters. The van der Waals surface area contributed by atoms with Gasteiger partial charge in [0.25, 0.3) is 5.91 Å². The molecule has 2 nitrogen and oxygen atoms in total. The zero-order valence-corrected chi connectivity index (χ0v) is 7.13. The van der Waals surface area contributed by atoms with Crippen molar-refractivity contribution in [3.63, 3.8) is 0 Å². The lowest BCUT2D eigenvalue weighted by atomic mass is 10.3. The summed E-state index contributed by atoms with van der Waals surface area (Å²) < 4.78 is 0.563. The van der Waals surface area contributed by atoms with Gasteiger partial charge in [-0.2, -0.15) is 0 Å². The van der Waals surface area contributed by atoms with Crippen molar-refractivity contribution in [1.82, 2.24) is 0 Å². The summed E-state index contributed by atoms with van der Waals surface area (Å²) in [5, 5.41) is 1.64. The fourth-order valence-electron chi connectivity index (χ4n) is 1.03. The van der Waals surface area contributed by atoms with Crippen LogP contribution in [0.3, 0.4) is 0 Å². The number of rotatable bonds is 0. The molecule has 0 spiro atoms. The molecule has 1 aromatic rings. The van der Waals surface area contributed by atoms with E-state index in [0.29, 0.717) is 4.48 Å². The third kappa shape index (κ3) is 0.922. The first kappa shape index (κ1) is 6.73. The van der Waals surface area contributed by atoms with E-state index in [4.69, 9.17) is 0 Å². The van der Waals surface area contributed by atoms with Gasteiger partial charge in [-0.3, -0.25) is 4.79 Å². The summed E-state index contributed by atoms with van der Waals surface area (Å²) >= 11 is 3.18. The van der Waals surface area contributed by atoms with Gasteiger partial charge in [-0.15, -0.1) is 0 Å². The second-order valence-electron chi connectivity index (χ2n) is 2.25. The molecule has 0 bridgehead atoms. The minimum Gasteiger partial charge on any atom is -0.266 e. The normalized spacial score (nSPS) is 14.6. The van der Waals surface area contributed by atoms with E-state index in [1.54, 1.807) is 0 Å². The monoisotopic (exact) mass is 209 g/mol. The van der Waals surface area contributed by atoms with Crippen molar-refractivity contribution >= 4 is 26.3 Å². The van der Waals surface area contributed by atoms with Crippen LogP contribution in [0.5, 0.6) is 0 Å². The third-order valence-corrected chi connectivity index (χ3v) is 2.32. The topological polar surface area (TPSA) is 29.4 Å². The van der Waals surface area contributed by atoms with Crippen LogP contribution in [0.4, 0.5) is 0 Å². The molecule has 0 fully saturated rings. The van der Waals surface area contributed by atoms with E-state index in [0.717, 1.165) is 10.6 Å². The lowest BCUT2D eigenvalue weighted by Crippen LogP contribution is -2.20. The maximum atomic E-state index is 11.0. The zero-order valence-electron chi connectivity index (χ0n) is 5.54. The molecule has 1 heterocycles. The van der Waals surface area contributed by atoms with Crippen LogP contribution in [0.2, 0.25) is 0 Å². The zero-order chi connectivity index (χ0) is 7.84. The number of para-hydroxylation sites is 1. The Morgan fingerprint density at radius 3 is 2.73 bits per heavy atom. The minimum absolute atomic E-state index is 0.189. The summed E-state index contributed by atoms with van der Waals surface area (Å²) in [4.78, 5) is 14.8. The first-order valence-electron chi connectivity index (χ1n) is 3.17. The predicted molar refractivity (Wildman–Crippen MR) is 44.6 cm³/mol. The van der Waals surface area contributed by atoms with Crippen molar-refractivity contribution in [2.45, 2.75) is 0 Å². The summed E-state index contributed by atoms with van der Waals surface area (Å²) in [5.41, 5.74) is 0. The van der Waals surface area contributed by atoms with E-state index in [9.17, 15) is 4.79 Å². The number of carbonyl (C=O) groups is 1. The maximum absolute atomic E-state index is 11.0. The Bertz CT molecular complexity index is 436. The van der Waals surface area contributed by atoms with E-state index >= 15 is 0 Å². The molecule has 11 heavy (non-hydrogen) atoms. The first-order chi connectivity index (χ1) is 5.29. The predicted octanol–water partition coefficient (Wildman–Crippen LogP) is 0.350. The number of fused-ring (bicyclic) bond motifs is 1. The minimum atomic E-state index is -0.189. The number of hydrogen-bond donors (Lipinski definition) is 0. The van der Waals surface area contributed by atoms with Crippen molar-refractivity contribution in [2.75, 3.05) is 0 Å². The second-order valence-corrected chi connectivity index (χ2v) is 3.04. The molecule has 0 aliphatic carbocycles. The van der Waals surface area contributed by atoms with Crippen LogP contribution in [-0.2, 0) is 4.79 Å². The molecule has 0 saturated carbocycles. The quantitative estimate of drug-likeness (QED) is 0.607. The smallest absolute Gasteiger partial charge is 0.266 e. The fraction of sp³-hybridized carbons (Fsp3) is 0. The number of carbonyl (C=O) groups excluding carboxylic acids is 1. The van der Waals surface area contributed by atoms with E-state index in [1.807, 2.05) is 24.3 Å². The molecular weight excluding hydrogens is 206 g/mol. The first-order valence-corrected chi connectivity index (χ1v) is 3.96. The van der Waals surface area contributed by atoms with E-state index in [2.05, 4.69) is 20.9 Å². The van der Waals surface area contributed by atoms with Gasteiger partial charge in [-0.25, -0.2) is 4.99 Å². The lowest BCUT2D eigenvalue weighted by Gasteiger charge is -1.80. The molecule has 0 radical (unpaired) electrons. The molecule has 0 N–H and O–H groups in total. The highest BCUT2D eigenvalue weighted by Crippen LogP contribution is 2.07. The van der Waals surface area contributed by atoms with Gasteiger partial charge >= 0.3 is 0 Å².